The fourth-order valence-corrected chi connectivity index (χ4v) is 2.27. The molecule has 1 aromatic heterocycles. The predicted octanol–water partition coefficient (Wildman–Crippen LogP) is 4.13. The minimum atomic E-state index is 0.532. The van der Waals surface area contributed by atoms with Gasteiger partial charge in [0.15, 0.2) is 0 Å². The number of benzene rings is 1. The standard InChI is InChI=1S/C10H7Cl2NOS/c1-14-10-3-7(11)6(2-8(10)12)9-4-15-5-13-9/h2-5H,1H3. The highest BCUT2D eigenvalue weighted by molar-refractivity contribution is 7.07. The Morgan fingerprint density at radius 2 is 2.07 bits per heavy atom. The number of halogens is 2. The van der Waals surface area contributed by atoms with Crippen LogP contribution in [0.4, 0.5) is 0 Å². The molecule has 0 saturated carbocycles. The Labute approximate surface area is 101 Å². The van der Waals surface area contributed by atoms with Crippen molar-refractivity contribution >= 4 is 34.5 Å². The molecule has 2 aromatic rings. The van der Waals surface area contributed by atoms with E-state index < -0.39 is 0 Å². The molecule has 0 amide bonds. The highest BCUT2D eigenvalue weighted by Gasteiger charge is 2.10. The molecule has 1 aromatic carbocycles. The summed E-state index contributed by atoms with van der Waals surface area (Å²) < 4.78 is 5.06. The van der Waals surface area contributed by atoms with Gasteiger partial charge in [-0.15, -0.1) is 11.3 Å². The van der Waals surface area contributed by atoms with Gasteiger partial charge in [0.05, 0.1) is 28.4 Å². The van der Waals surface area contributed by atoms with Crippen LogP contribution < -0.4 is 4.74 Å². The highest BCUT2D eigenvalue weighted by atomic mass is 35.5. The van der Waals surface area contributed by atoms with Crippen LogP contribution in [0, 0.1) is 0 Å². The van der Waals surface area contributed by atoms with Gasteiger partial charge in [-0.1, -0.05) is 23.2 Å². The summed E-state index contributed by atoms with van der Waals surface area (Å²) in [5.74, 6) is 0.570. The first-order valence-corrected chi connectivity index (χ1v) is 5.84. The molecule has 15 heavy (non-hydrogen) atoms. The number of ether oxygens (including phenoxy) is 1. The Hall–Kier alpha value is -0.770. The zero-order valence-electron chi connectivity index (χ0n) is 7.83. The van der Waals surface area contributed by atoms with Gasteiger partial charge in [0.2, 0.25) is 0 Å². The van der Waals surface area contributed by atoms with Crippen molar-refractivity contribution < 1.29 is 4.74 Å². The lowest BCUT2D eigenvalue weighted by Gasteiger charge is -2.06. The highest BCUT2D eigenvalue weighted by Crippen LogP contribution is 2.36. The van der Waals surface area contributed by atoms with E-state index in [0.29, 0.717) is 15.8 Å². The van der Waals surface area contributed by atoms with Gasteiger partial charge in [-0.3, -0.25) is 0 Å². The van der Waals surface area contributed by atoms with Crippen molar-refractivity contribution in [3.05, 3.63) is 33.1 Å². The molecular formula is C10H7Cl2NOS. The van der Waals surface area contributed by atoms with E-state index in [9.17, 15) is 0 Å². The summed E-state index contributed by atoms with van der Waals surface area (Å²) in [5.41, 5.74) is 3.40. The first kappa shape index (κ1) is 10.7. The molecule has 0 atom stereocenters. The largest absolute Gasteiger partial charge is 0.495 e. The molecule has 1 heterocycles. The Kier molecular flexibility index (Phi) is 3.14. The van der Waals surface area contributed by atoms with Crippen molar-refractivity contribution in [2.75, 3.05) is 7.11 Å². The second-order valence-electron chi connectivity index (χ2n) is 2.84. The molecule has 0 bridgehead atoms. The first-order chi connectivity index (χ1) is 7.22. The van der Waals surface area contributed by atoms with E-state index in [4.69, 9.17) is 27.9 Å². The van der Waals surface area contributed by atoms with Gasteiger partial charge in [0.25, 0.3) is 0 Å². The lowest BCUT2D eigenvalue weighted by Crippen LogP contribution is -1.86. The van der Waals surface area contributed by atoms with Gasteiger partial charge >= 0.3 is 0 Å². The fraction of sp³-hybridized carbons (Fsp3) is 0.100. The van der Waals surface area contributed by atoms with Gasteiger partial charge < -0.3 is 4.74 Å². The number of aromatic nitrogens is 1. The van der Waals surface area contributed by atoms with Crippen molar-refractivity contribution in [1.82, 2.24) is 4.98 Å². The maximum absolute atomic E-state index is 6.10. The summed E-state index contributed by atoms with van der Waals surface area (Å²) in [6.45, 7) is 0. The second-order valence-corrected chi connectivity index (χ2v) is 4.37. The topological polar surface area (TPSA) is 22.1 Å². The van der Waals surface area contributed by atoms with Gasteiger partial charge in [-0.25, -0.2) is 4.98 Å². The normalized spacial score (nSPS) is 10.3. The molecule has 0 aliphatic carbocycles. The summed E-state index contributed by atoms with van der Waals surface area (Å²) in [6.07, 6.45) is 0. The smallest absolute Gasteiger partial charge is 0.138 e. The van der Waals surface area contributed by atoms with Crippen LogP contribution in [0.2, 0.25) is 10.0 Å². The predicted molar refractivity (Wildman–Crippen MR) is 64.1 cm³/mol. The third-order valence-electron chi connectivity index (χ3n) is 1.95. The SMILES string of the molecule is COc1cc(Cl)c(-c2cscn2)cc1Cl. The maximum atomic E-state index is 6.10. The van der Waals surface area contributed by atoms with Crippen molar-refractivity contribution in [2.24, 2.45) is 0 Å². The average molecular weight is 260 g/mol. The summed E-state index contributed by atoms with van der Waals surface area (Å²) in [7, 11) is 1.56. The van der Waals surface area contributed by atoms with E-state index in [0.717, 1.165) is 11.3 Å². The number of methoxy groups -OCH3 is 1. The molecule has 0 fully saturated rings. The zero-order chi connectivity index (χ0) is 10.8. The molecule has 2 nitrogen and oxygen atoms in total. The summed E-state index contributed by atoms with van der Waals surface area (Å²) >= 11 is 13.6. The van der Waals surface area contributed by atoms with Gasteiger partial charge in [-0.05, 0) is 6.07 Å². The molecule has 0 aliphatic heterocycles. The second kappa shape index (κ2) is 4.39. The number of hydrogen-bond acceptors (Lipinski definition) is 3. The number of hydrogen-bond donors (Lipinski definition) is 0. The Balaban J connectivity index is 2.55. The van der Waals surface area contributed by atoms with E-state index in [1.165, 1.54) is 11.3 Å². The van der Waals surface area contributed by atoms with Crippen molar-refractivity contribution in [3.63, 3.8) is 0 Å². The lowest BCUT2D eigenvalue weighted by molar-refractivity contribution is 0.415. The third-order valence-corrected chi connectivity index (χ3v) is 3.14. The molecule has 0 radical (unpaired) electrons. The summed E-state index contributed by atoms with van der Waals surface area (Å²) in [6, 6.07) is 3.45. The van der Waals surface area contributed by atoms with Gasteiger partial charge in [0, 0.05) is 17.0 Å². The Bertz CT molecular complexity index is 471. The molecule has 0 saturated heterocycles. The number of nitrogens with zero attached hydrogens (tertiary/aromatic N) is 1. The fourth-order valence-electron chi connectivity index (χ4n) is 1.23. The summed E-state index contributed by atoms with van der Waals surface area (Å²) in [5, 5.41) is 3.04. The van der Waals surface area contributed by atoms with Crippen LogP contribution in [0.5, 0.6) is 5.75 Å². The van der Waals surface area contributed by atoms with Gasteiger partial charge in [0.1, 0.15) is 5.75 Å². The number of rotatable bonds is 2. The van der Waals surface area contributed by atoms with Crippen LogP contribution in [0.1, 0.15) is 0 Å². The minimum absolute atomic E-state index is 0.532. The maximum Gasteiger partial charge on any atom is 0.138 e. The third kappa shape index (κ3) is 2.09. The monoisotopic (exact) mass is 259 g/mol. The average Bonchev–Trinajstić information content (AvgIpc) is 2.74. The molecule has 78 valence electrons. The molecule has 2 rings (SSSR count). The Morgan fingerprint density at radius 3 is 2.67 bits per heavy atom. The first-order valence-electron chi connectivity index (χ1n) is 4.14. The van der Waals surface area contributed by atoms with Crippen LogP contribution in [-0.4, -0.2) is 12.1 Å². The van der Waals surface area contributed by atoms with Gasteiger partial charge in [-0.2, -0.15) is 0 Å². The number of thiazole rings is 1. The van der Waals surface area contributed by atoms with E-state index in [1.807, 2.05) is 5.38 Å². The zero-order valence-corrected chi connectivity index (χ0v) is 10.2. The molecule has 5 heteroatoms. The molecule has 0 spiro atoms. The van der Waals surface area contributed by atoms with Crippen molar-refractivity contribution in [1.29, 1.82) is 0 Å². The van der Waals surface area contributed by atoms with E-state index in [1.54, 1.807) is 24.8 Å². The van der Waals surface area contributed by atoms with E-state index in [-0.39, 0.29) is 0 Å². The minimum Gasteiger partial charge on any atom is -0.495 e. The Morgan fingerprint density at radius 1 is 1.27 bits per heavy atom. The van der Waals surface area contributed by atoms with E-state index >= 15 is 0 Å². The van der Waals surface area contributed by atoms with Crippen LogP contribution >= 0.6 is 34.5 Å². The quantitative estimate of drug-likeness (QED) is 0.810. The van der Waals surface area contributed by atoms with Crippen LogP contribution in [0.25, 0.3) is 11.3 Å². The molecule has 0 N–H and O–H groups in total. The van der Waals surface area contributed by atoms with Crippen molar-refractivity contribution in [3.8, 4) is 17.0 Å². The van der Waals surface area contributed by atoms with Crippen molar-refractivity contribution in [2.45, 2.75) is 0 Å². The molecular weight excluding hydrogens is 253 g/mol. The van der Waals surface area contributed by atoms with Crippen LogP contribution in [-0.2, 0) is 0 Å². The van der Waals surface area contributed by atoms with Crippen LogP contribution in [0.15, 0.2) is 23.0 Å². The van der Waals surface area contributed by atoms with E-state index in [2.05, 4.69) is 4.98 Å². The summed E-state index contributed by atoms with van der Waals surface area (Å²) in [4.78, 5) is 4.18. The van der Waals surface area contributed by atoms with Crippen LogP contribution in [0.3, 0.4) is 0 Å². The molecule has 0 aliphatic rings. The lowest BCUT2D eigenvalue weighted by atomic mass is 10.1. The molecule has 0 unspecified atom stereocenters.